The minimum atomic E-state index is -4.44. The number of rotatable bonds is 3. The molecule has 1 fully saturated rings. The normalized spacial score (nSPS) is 23.1. The van der Waals surface area contributed by atoms with Crippen LogP contribution in [0.1, 0.15) is 31.7 Å². The summed E-state index contributed by atoms with van der Waals surface area (Å²) in [5.41, 5.74) is -1.90. The Hall–Kier alpha value is -1.79. The van der Waals surface area contributed by atoms with Gasteiger partial charge in [-0.3, -0.25) is 0 Å². The van der Waals surface area contributed by atoms with E-state index < -0.39 is 23.2 Å². The molecule has 7 heteroatoms. The van der Waals surface area contributed by atoms with Gasteiger partial charge in [0.05, 0.1) is 5.56 Å². The second-order valence-electron chi connectivity index (χ2n) is 4.85. The van der Waals surface area contributed by atoms with Crippen LogP contribution in [0.5, 0.6) is 0 Å². The predicted molar refractivity (Wildman–Crippen MR) is 66.5 cm³/mol. The van der Waals surface area contributed by atoms with Gasteiger partial charge >= 0.3 is 12.1 Å². The second kappa shape index (κ2) is 4.96. The molecule has 1 N–H and O–H groups in total. The molecule has 4 nitrogen and oxygen atoms in total. The Morgan fingerprint density at radius 3 is 2.65 bits per heavy atom. The third kappa shape index (κ3) is 2.32. The minimum absolute atomic E-state index is 0.278. The van der Waals surface area contributed by atoms with Gasteiger partial charge in [-0.15, -0.1) is 0 Å². The van der Waals surface area contributed by atoms with Crippen molar-refractivity contribution in [1.29, 1.82) is 0 Å². The highest BCUT2D eigenvalue weighted by Gasteiger charge is 2.47. The van der Waals surface area contributed by atoms with Crippen LogP contribution in [0, 0.1) is 0 Å². The molecule has 1 atom stereocenters. The van der Waals surface area contributed by atoms with Gasteiger partial charge in [0.25, 0.3) is 0 Å². The number of carboxylic acid groups (broad SMARTS) is 1. The molecule has 0 spiro atoms. The van der Waals surface area contributed by atoms with Gasteiger partial charge in [-0.25, -0.2) is 9.78 Å². The third-order valence-electron chi connectivity index (χ3n) is 3.82. The van der Waals surface area contributed by atoms with Crippen molar-refractivity contribution < 1.29 is 23.1 Å². The molecule has 0 radical (unpaired) electrons. The summed E-state index contributed by atoms with van der Waals surface area (Å²) >= 11 is 0. The number of carbonyl (C=O) groups is 1. The molecule has 2 heterocycles. The summed E-state index contributed by atoms with van der Waals surface area (Å²) in [6.07, 6.45) is -2.16. The van der Waals surface area contributed by atoms with E-state index in [9.17, 15) is 23.1 Å². The molecule has 0 aromatic carbocycles. The zero-order valence-electron chi connectivity index (χ0n) is 10.9. The molecular weight excluding hydrogens is 273 g/mol. The topological polar surface area (TPSA) is 53.4 Å². The number of carboxylic acids is 1. The first-order valence-electron chi connectivity index (χ1n) is 6.35. The molecule has 1 aromatic heterocycles. The molecule has 0 aliphatic carbocycles. The molecule has 1 aliphatic rings. The highest BCUT2D eigenvalue weighted by molar-refractivity contribution is 5.84. The third-order valence-corrected chi connectivity index (χ3v) is 3.82. The van der Waals surface area contributed by atoms with Crippen LogP contribution in [0.15, 0.2) is 18.3 Å². The fourth-order valence-electron chi connectivity index (χ4n) is 2.67. The Labute approximate surface area is 114 Å². The fraction of sp³-hybridized carbons (Fsp3) is 0.538. The first-order valence-corrected chi connectivity index (χ1v) is 6.35. The number of aliphatic carboxylic acids is 1. The Balaban J connectivity index is 2.34. The molecule has 20 heavy (non-hydrogen) atoms. The van der Waals surface area contributed by atoms with E-state index >= 15 is 0 Å². The van der Waals surface area contributed by atoms with Gasteiger partial charge in [-0.1, -0.05) is 6.92 Å². The van der Waals surface area contributed by atoms with Crippen LogP contribution in [-0.4, -0.2) is 28.1 Å². The zero-order valence-corrected chi connectivity index (χ0v) is 10.9. The number of nitrogens with zero attached hydrogens (tertiary/aromatic N) is 2. The molecule has 1 saturated heterocycles. The molecule has 0 saturated carbocycles. The molecule has 2 rings (SSSR count). The van der Waals surface area contributed by atoms with Crippen molar-refractivity contribution in [1.82, 2.24) is 4.98 Å². The van der Waals surface area contributed by atoms with Crippen molar-refractivity contribution >= 4 is 11.8 Å². The number of pyridine rings is 1. The molecule has 1 aromatic rings. The van der Waals surface area contributed by atoms with Crippen molar-refractivity contribution in [3.05, 3.63) is 23.9 Å². The van der Waals surface area contributed by atoms with Crippen molar-refractivity contribution in [2.75, 3.05) is 11.4 Å². The molecule has 0 bridgehead atoms. The maximum Gasteiger partial charge on any atom is 0.417 e. The van der Waals surface area contributed by atoms with Gasteiger partial charge in [0.1, 0.15) is 11.4 Å². The first kappa shape index (κ1) is 14.6. The lowest BCUT2D eigenvalue weighted by Crippen LogP contribution is -2.50. The van der Waals surface area contributed by atoms with E-state index in [1.807, 2.05) is 0 Å². The Morgan fingerprint density at radius 1 is 1.50 bits per heavy atom. The maximum absolute atomic E-state index is 12.5. The number of hydrogen-bond acceptors (Lipinski definition) is 3. The highest BCUT2D eigenvalue weighted by Crippen LogP contribution is 2.37. The van der Waals surface area contributed by atoms with E-state index in [4.69, 9.17) is 0 Å². The average Bonchev–Trinajstić information content (AvgIpc) is 2.83. The zero-order chi connectivity index (χ0) is 15.0. The summed E-state index contributed by atoms with van der Waals surface area (Å²) in [5.74, 6) is -0.682. The van der Waals surface area contributed by atoms with E-state index in [0.29, 0.717) is 25.8 Å². The second-order valence-corrected chi connectivity index (χ2v) is 4.85. The Morgan fingerprint density at radius 2 is 2.20 bits per heavy atom. The average molecular weight is 288 g/mol. The first-order chi connectivity index (χ1) is 9.31. The maximum atomic E-state index is 12.5. The van der Waals surface area contributed by atoms with Crippen molar-refractivity contribution in [2.24, 2.45) is 0 Å². The molecule has 1 aliphatic heterocycles. The van der Waals surface area contributed by atoms with Crippen LogP contribution < -0.4 is 4.90 Å². The van der Waals surface area contributed by atoms with Crippen LogP contribution in [0.3, 0.4) is 0 Å². The van der Waals surface area contributed by atoms with Gasteiger partial charge < -0.3 is 10.0 Å². The van der Waals surface area contributed by atoms with Gasteiger partial charge in [-0.2, -0.15) is 13.2 Å². The summed E-state index contributed by atoms with van der Waals surface area (Å²) in [6, 6.07) is 2.17. The van der Waals surface area contributed by atoms with E-state index in [-0.39, 0.29) is 5.82 Å². The number of hydrogen-bond donors (Lipinski definition) is 1. The number of aromatic nitrogens is 1. The lowest BCUT2D eigenvalue weighted by Gasteiger charge is -2.34. The highest BCUT2D eigenvalue weighted by atomic mass is 19.4. The van der Waals surface area contributed by atoms with E-state index in [1.165, 1.54) is 6.07 Å². The van der Waals surface area contributed by atoms with Crippen LogP contribution >= 0.6 is 0 Å². The van der Waals surface area contributed by atoms with Gasteiger partial charge in [0, 0.05) is 12.7 Å². The van der Waals surface area contributed by atoms with Gasteiger partial charge in [0.2, 0.25) is 0 Å². The lowest BCUT2D eigenvalue weighted by molar-refractivity contribution is -0.143. The summed E-state index contributed by atoms with van der Waals surface area (Å²) in [7, 11) is 0. The summed E-state index contributed by atoms with van der Waals surface area (Å²) in [6.45, 7) is 2.25. The fourth-order valence-corrected chi connectivity index (χ4v) is 2.67. The van der Waals surface area contributed by atoms with Crippen LogP contribution in [-0.2, 0) is 11.0 Å². The van der Waals surface area contributed by atoms with E-state index in [0.717, 1.165) is 12.3 Å². The van der Waals surface area contributed by atoms with Crippen LogP contribution in [0.4, 0.5) is 19.0 Å². The van der Waals surface area contributed by atoms with E-state index in [1.54, 1.807) is 11.8 Å². The molecular formula is C13H15F3N2O2. The Bertz CT molecular complexity index is 501. The summed E-state index contributed by atoms with van der Waals surface area (Å²) in [5, 5.41) is 9.43. The lowest BCUT2D eigenvalue weighted by atomic mass is 9.93. The smallest absolute Gasteiger partial charge is 0.417 e. The number of halogens is 3. The van der Waals surface area contributed by atoms with Gasteiger partial charge in [0.15, 0.2) is 0 Å². The number of anilines is 1. The summed E-state index contributed by atoms with van der Waals surface area (Å²) < 4.78 is 37.5. The van der Waals surface area contributed by atoms with E-state index in [2.05, 4.69) is 4.98 Å². The Kier molecular flexibility index (Phi) is 3.62. The minimum Gasteiger partial charge on any atom is -0.479 e. The molecule has 1 unspecified atom stereocenters. The largest absolute Gasteiger partial charge is 0.479 e. The van der Waals surface area contributed by atoms with Crippen molar-refractivity contribution in [2.45, 2.75) is 37.9 Å². The van der Waals surface area contributed by atoms with Crippen LogP contribution in [0.2, 0.25) is 0 Å². The van der Waals surface area contributed by atoms with Crippen LogP contribution in [0.25, 0.3) is 0 Å². The standard InChI is InChI=1S/C13H15F3N2O2/c1-2-12(11(19)20)6-3-7-18(12)10-5-4-9(8-17-10)13(14,15)16/h4-5,8H,2-3,6-7H2,1H3,(H,19,20). The SMILES string of the molecule is CCC1(C(=O)O)CCCN1c1ccc(C(F)(F)F)cn1. The quantitative estimate of drug-likeness (QED) is 0.929. The van der Waals surface area contributed by atoms with Gasteiger partial charge in [-0.05, 0) is 31.4 Å². The monoisotopic (exact) mass is 288 g/mol. The predicted octanol–water partition coefficient (Wildman–Crippen LogP) is 2.93. The van der Waals surface area contributed by atoms with Crippen molar-refractivity contribution in [3.8, 4) is 0 Å². The molecule has 110 valence electrons. The molecule has 0 amide bonds. The van der Waals surface area contributed by atoms with Crippen molar-refractivity contribution in [3.63, 3.8) is 0 Å². The summed E-state index contributed by atoms with van der Waals surface area (Å²) in [4.78, 5) is 16.9. The number of alkyl halides is 3.